The predicted molar refractivity (Wildman–Crippen MR) is 86.6 cm³/mol. The molecule has 2 aliphatic rings. The zero-order chi connectivity index (χ0) is 13.9. The van der Waals surface area contributed by atoms with Crippen molar-refractivity contribution in [2.75, 3.05) is 26.2 Å². The molecular weight excluding hydrogens is 314 g/mol. The number of rotatable bonds is 3. The van der Waals surface area contributed by atoms with Crippen LogP contribution in [0.5, 0.6) is 0 Å². The molecule has 2 fully saturated rings. The molecule has 2 heterocycles. The Morgan fingerprint density at radius 2 is 1.75 bits per heavy atom. The van der Waals surface area contributed by atoms with E-state index in [1.807, 2.05) is 0 Å². The normalized spacial score (nSPS) is 26.2. The van der Waals surface area contributed by atoms with Crippen LogP contribution in [-0.4, -0.2) is 48.1 Å². The van der Waals surface area contributed by atoms with E-state index < -0.39 is 0 Å². The maximum absolute atomic E-state index is 6.00. The van der Waals surface area contributed by atoms with E-state index in [4.69, 9.17) is 5.73 Å². The number of nitrogens with zero attached hydrogens (tertiary/aromatic N) is 2. The van der Waals surface area contributed by atoms with E-state index in [1.54, 1.807) is 0 Å². The van der Waals surface area contributed by atoms with E-state index in [0.29, 0.717) is 6.04 Å². The number of nitrogens with two attached hydrogens (primary N) is 1. The summed E-state index contributed by atoms with van der Waals surface area (Å²) in [6.07, 6.45) is 3.65. The number of likely N-dealkylation sites (tertiary alicyclic amines) is 2. The van der Waals surface area contributed by atoms with Crippen LogP contribution < -0.4 is 5.73 Å². The lowest BCUT2D eigenvalue weighted by molar-refractivity contribution is 0.151. The van der Waals surface area contributed by atoms with Crippen LogP contribution in [0, 0.1) is 0 Å². The Hall–Kier alpha value is -0.420. The van der Waals surface area contributed by atoms with Crippen LogP contribution in [0.15, 0.2) is 28.7 Å². The van der Waals surface area contributed by atoms with Gasteiger partial charge in [0.05, 0.1) is 0 Å². The number of halogens is 1. The molecule has 2 saturated heterocycles. The summed E-state index contributed by atoms with van der Waals surface area (Å²) in [4.78, 5) is 5.24. The summed E-state index contributed by atoms with van der Waals surface area (Å²) in [6.45, 7) is 5.90. The zero-order valence-corrected chi connectivity index (χ0v) is 13.6. The van der Waals surface area contributed by atoms with Crippen LogP contribution in [-0.2, 0) is 6.54 Å². The van der Waals surface area contributed by atoms with E-state index >= 15 is 0 Å². The van der Waals surface area contributed by atoms with Gasteiger partial charge < -0.3 is 5.73 Å². The van der Waals surface area contributed by atoms with Crippen LogP contribution >= 0.6 is 15.9 Å². The minimum absolute atomic E-state index is 0.437. The van der Waals surface area contributed by atoms with Gasteiger partial charge in [0.1, 0.15) is 0 Å². The second-order valence-electron chi connectivity index (χ2n) is 6.18. The Morgan fingerprint density at radius 3 is 2.45 bits per heavy atom. The molecule has 3 rings (SSSR count). The van der Waals surface area contributed by atoms with Gasteiger partial charge in [-0.25, -0.2) is 0 Å². The van der Waals surface area contributed by atoms with Crippen molar-refractivity contribution < 1.29 is 0 Å². The highest BCUT2D eigenvalue weighted by molar-refractivity contribution is 9.10. The van der Waals surface area contributed by atoms with Crippen LogP contribution in [0.3, 0.4) is 0 Å². The average molecular weight is 338 g/mol. The standard InChI is InChI=1S/C16H24BrN3/c17-14-3-1-13(2-4-14)11-19-8-7-16(12-19)20-9-5-15(18)6-10-20/h1-4,15-16H,5-12,18H2. The lowest BCUT2D eigenvalue weighted by Crippen LogP contribution is -2.46. The Bertz CT molecular complexity index is 426. The van der Waals surface area contributed by atoms with Gasteiger partial charge in [-0.2, -0.15) is 0 Å². The number of hydrogen-bond acceptors (Lipinski definition) is 3. The topological polar surface area (TPSA) is 32.5 Å². The van der Waals surface area contributed by atoms with Gasteiger partial charge in [0.15, 0.2) is 0 Å². The van der Waals surface area contributed by atoms with Gasteiger partial charge in [-0.3, -0.25) is 9.80 Å². The minimum Gasteiger partial charge on any atom is -0.328 e. The van der Waals surface area contributed by atoms with Gasteiger partial charge in [0.25, 0.3) is 0 Å². The molecule has 20 heavy (non-hydrogen) atoms. The third kappa shape index (κ3) is 3.61. The summed E-state index contributed by atoms with van der Waals surface area (Å²) in [7, 11) is 0. The Kier molecular flexibility index (Phi) is 4.76. The first-order chi connectivity index (χ1) is 9.70. The molecule has 2 aliphatic heterocycles. The highest BCUT2D eigenvalue weighted by atomic mass is 79.9. The first-order valence-electron chi connectivity index (χ1n) is 7.67. The zero-order valence-electron chi connectivity index (χ0n) is 12.0. The van der Waals surface area contributed by atoms with Gasteiger partial charge in [0, 0.05) is 36.2 Å². The molecule has 0 radical (unpaired) electrons. The van der Waals surface area contributed by atoms with Gasteiger partial charge in [-0.15, -0.1) is 0 Å². The fourth-order valence-electron chi connectivity index (χ4n) is 3.39. The summed E-state index contributed by atoms with van der Waals surface area (Å²) in [5.41, 5.74) is 7.41. The van der Waals surface area contributed by atoms with Gasteiger partial charge in [-0.1, -0.05) is 28.1 Å². The first kappa shape index (κ1) is 14.5. The average Bonchev–Trinajstić information content (AvgIpc) is 2.91. The highest BCUT2D eigenvalue weighted by Gasteiger charge is 2.29. The molecule has 1 atom stereocenters. The minimum atomic E-state index is 0.437. The van der Waals surface area contributed by atoms with E-state index in [1.165, 1.54) is 51.0 Å². The van der Waals surface area contributed by atoms with Gasteiger partial charge >= 0.3 is 0 Å². The van der Waals surface area contributed by atoms with Crippen LogP contribution in [0.2, 0.25) is 0 Å². The van der Waals surface area contributed by atoms with Crippen LogP contribution in [0.4, 0.5) is 0 Å². The monoisotopic (exact) mass is 337 g/mol. The lowest BCUT2D eigenvalue weighted by atomic mass is 10.0. The number of piperidine rings is 1. The summed E-state index contributed by atoms with van der Waals surface area (Å²) < 4.78 is 1.16. The maximum atomic E-state index is 6.00. The molecular formula is C16H24BrN3. The third-order valence-electron chi connectivity index (χ3n) is 4.66. The van der Waals surface area contributed by atoms with Crippen LogP contribution in [0.1, 0.15) is 24.8 Å². The molecule has 1 aromatic rings. The largest absolute Gasteiger partial charge is 0.328 e. The van der Waals surface area contributed by atoms with Crippen molar-refractivity contribution in [3.63, 3.8) is 0 Å². The SMILES string of the molecule is NC1CCN(C2CCN(Cc3ccc(Br)cc3)C2)CC1. The molecule has 1 unspecified atom stereocenters. The fourth-order valence-corrected chi connectivity index (χ4v) is 3.65. The number of hydrogen-bond donors (Lipinski definition) is 1. The third-order valence-corrected chi connectivity index (χ3v) is 5.19. The molecule has 4 heteroatoms. The van der Waals surface area contributed by atoms with E-state index in [-0.39, 0.29) is 0 Å². The molecule has 0 amide bonds. The first-order valence-corrected chi connectivity index (χ1v) is 8.46. The summed E-state index contributed by atoms with van der Waals surface area (Å²) in [5, 5.41) is 0. The second kappa shape index (κ2) is 6.56. The molecule has 0 aromatic heterocycles. The summed E-state index contributed by atoms with van der Waals surface area (Å²) >= 11 is 3.49. The second-order valence-corrected chi connectivity index (χ2v) is 7.09. The fraction of sp³-hybridized carbons (Fsp3) is 0.625. The van der Waals surface area contributed by atoms with Crippen molar-refractivity contribution in [1.82, 2.24) is 9.80 Å². The molecule has 0 spiro atoms. The van der Waals surface area contributed by atoms with E-state index in [0.717, 1.165) is 17.1 Å². The Morgan fingerprint density at radius 1 is 1.05 bits per heavy atom. The Balaban J connectivity index is 1.50. The molecule has 110 valence electrons. The van der Waals surface area contributed by atoms with Crippen molar-refractivity contribution in [3.8, 4) is 0 Å². The van der Waals surface area contributed by atoms with Gasteiger partial charge in [-0.05, 0) is 50.0 Å². The molecule has 2 N–H and O–H groups in total. The van der Waals surface area contributed by atoms with Crippen molar-refractivity contribution in [1.29, 1.82) is 0 Å². The molecule has 0 aliphatic carbocycles. The Labute approximate surface area is 130 Å². The quantitative estimate of drug-likeness (QED) is 0.919. The van der Waals surface area contributed by atoms with Crippen molar-refractivity contribution in [2.45, 2.75) is 37.9 Å². The van der Waals surface area contributed by atoms with Crippen molar-refractivity contribution in [2.24, 2.45) is 5.73 Å². The van der Waals surface area contributed by atoms with Crippen molar-refractivity contribution >= 4 is 15.9 Å². The lowest BCUT2D eigenvalue weighted by Gasteiger charge is -2.34. The summed E-state index contributed by atoms with van der Waals surface area (Å²) in [5.74, 6) is 0. The maximum Gasteiger partial charge on any atom is 0.0235 e. The van der Waals surface area contributed by atoms with Gasteiger partial charge in [0.2, 0.25) is 0 Å². The van der Waals surface area contributed by atoms with Crippen LogP contribution in [0.25, 0.3) is 0 Å². The molecule has 1 aromatic carbocycles. The molecule has 0 bridgehead atoms. The predicted octanol–water partition coefficient (Wildman–Crippen LogP) is 2.45. The van der Waals surface area contributed by atoms with Crippen molar-refractivity contribution in [3.05, 3.63) is 34.3 Å². The van der Waals surface area contributed by atoms with E-state index in [9.17, 15) is 0 Å². The molecule has 3 nitrogen and oxygen atoms in total. The van der Waals surface area contributed by atoms with E-state index in [2.05, 4.69) is 50.0 Å². The highest BCUT2D eigenvalue weighted by Crippen LogP contribution is 2.21. The smallest absolute Gasteiger partial charge is 0.0235 e. The molecule has 0 saturated carbocycles. The number of benzene rings is 1. The summed E-state index contributed by atoms with van der Waals surface area (Å²) in [6, 6.07) is 9.89.